The molecule has 0 aliphatic heterocycles. The Morgan fingerprint density at radius 1 is 1.29 bits per heavy atom. The quantitative estimate of drug-likeness (QED) is 0.868. The number of halogens is 1. The Kier molecular flexibility index (Phi) is 4.10. The van der Waals surface area contributed by atoms with Gasteiger partial charge in [-0.25, -0.2) is 0 Å². The van der Waals surface area contributed by atoms with Crippen LogP contribution >= 0.6 is 15.9 Å². The number of benzene rings is 1. The van der Waals surface area contributed by atoms with Crippen LogP contribution in [0.15, 0.2) is 22.7 Å². The van der Waals surface area contributed by atoms with Gasteiger partial charge in [-0.3, -0.25) is 0 Å². The van der Waals surface area contributed by atoms with Crippen molar-refractivity contribution >= 4 is 21.6 Å². The van der Waals surface area contributed by atoms with E-state index < -0.39 is 0 Å². The maximum atomic E-state index is 3.58. The first kappa shape index (κ1) is 12.9. The van der Waals surface area contributed by atoms with Crippen LogP contribution in [0.5, 0.6) is 0 Å². The van der Waals surface area contributed by atoms with Crippen LogP contribution in [0.25, 0.3) is 0 Å². The van der Waals surface area contributed by atoms with E-state index >= 15 is 0 Å². The van der Waals surface area contributed by atoms with Crippen LogP contribution < -0.4 is 10.6 Å². The molecule has 17 heavy (non-hydrogen) atoms. The van der Waals surface area contributed by atoms with Crippen LogP contribution in [0.2, 0.25) is 0 Å². The number of nitrogens with one attached hydrogen (secondary N) is 2. The molecule has 0 aromatic heterocycles. The van der Waals surface area contributed by atoms with E-state index in [9.17, 15) is 0 Å². The number of hydrogen-bond acceptors (Lipinski definition) is 2. The van der Waals surface area contributed by atoms with E-state index in [1.54, 1.807) is 0 Å². The molecule has 0 spiro atoms. The summed E-state index contributed by atoms with van der Waals surface area (Å²) in [5.41, 5.74) is 2.97. The van der Waals surface area contributed by atoms with Gasteiger partial charge in [0, 0.05) is 28.7 Å². The largest absolute Gasteiger partial charge is 0.384 e. The molecule has 0 atom stereocenters. The average molecular weight is 297 g/mol. The fourth-order valence-corrected chi connectivity index (χ4v) is 2.84. The van der Waals surface area contributed by atoms with Crippen molar-refractivity contribution in [2.75, 3.05) is 25.5 Å². The third kappa shape index (κ3) is 3.02. The first-order valence-electron chi connectivity index (χ1n) is 6.30. The SMILES string of the molecule is CNCC1(CNc2ccc(C)c(Br)c2)CCC1. The van der Waals surface area contributed by atoms with Crippen molar-refractivity contribution in [1.82, 2.24) is 5.32 Å². The Labute approximate surface area is 112 Å². The van der Waals surface area contributed by atoms with E-state index in [1.807, 2.05) is 7.05 Å². The molecular weight excluding hydrogens is 276 g/mol. The highest BCUT2D eigenvalue weighted by Gasteiger charge is 2.35. The van der Waals surface area contributed by atoms with E-state index in [1.165, 1.54) is 35.0 Å². The maximum absolute atomic E-state index is 3.58. The first-order valence-corrected chi connectivity index (χ1v) is 7.09. The van der Waals surface area contributed by atoms with Crippen LogP contribution in [-0.4, -0.2) is 20.1 Å². The van der Waals surface area contributed by atoms with E-state index in [2.05, 4.69) is 51.7 Å². The summed E-state index contributed by atoms with van der Waals surface area (Å²) in [7, 11) is 2.04. The van der Waals surface area contributed by atoms with E-state index in [-0.39, 0.29) is 0 Å². The second-order valence-corrected chi connectivity index (χ2v) is 6.06. The van der Waals surface area contributed by atoms with Gasteiger partial charge >= 0.3 is 0 Å². The highest BCUT2D eigenvalue weighted by Crippen LogP contribution is 2.40. The molecule has 1 aromatic rings. The Hall–Kier alpha value is -0.540. The van der Waals surface area contributed by atoms with Crippen LogP contribution in [0, 0.1) is 12.3 Å². The molecule has 0 unspecified atom stereocenters. The molecule has 1 aliphatic carbocycles. The van der Waals surface area contributed by atoms with Gasteiger partial charge in [-0.1, -0.05) is 28.4 Å². The highest BCUT2D eigenvalue weighted by molar-refractivity contribution is 9.10. The van der Waals surface area contributed by atoms with Gasteiger partial charge in [-0.2, -0.15) is 0 Å². The third-order valence-electron chi connectivity index (χ3n) is 3.81. The van der Waals surface area contributed by atoms with Crippen molar-refractivity contribution in [2.24, 2.45) is 5.41 Å². The zero-order chi connectivity index (χ0) is 12.3. The zero-order valence-electron chi connectivity index (χ0n) is 10.6. The summed E-state index contributed by atoms with van der Waals surface area (Å²) in [6.07, 6.45) is 4.06. The van der Waals surface area contributed by atoms with Gasteiger partial charge in [0.05, 0.1) is 0 Å². The van der Waals surface area contributed by atoms with Crippen molar-refractivity contribution in [3.8, 4) is 0 Å². The molecule has 2 rings (SSSR count). The van der Waals surface area contributed by atoms with Gasteiger partial charge in [0.1, 0.15) is 0 Å². The van der Waals surface area contributed by atoms with E-state index in [4.69, 9.17) is 0 Å². The number of hydrogen-bond donors (Lipinski definition) is 2. The lowest BCUT2D eigenvalue weighted by molar-refractivity contribution is 0.151. The predicted molar refractivity (Wildman–Crippen MR) is 77.6 cm³/mol. The molecule has 0 saturated heterocycles. The summed E-state index contributed by atoms with van der Waals surface area (Å²) in [5.74, 6) is 0. The minimum Gasteiger partial charge on any atom is -0.384 e. The molecular formula is C14H21BrN2. The van der Waals surface area contributed by atoms with E-state index in [0.717, 1.165) is 13.1 Å². The van der Waals surface area contributed by atoms with Crippen LogP contribution in [0.3, 0.4) is 0 Å². The summed E-state index contributed by atoms with van der Waals surface area (Å²) in [6, 6.07) is 6.48. The Morgan fingerprint density at radius 3 is 2.59 bits per heavy atom. The standard InChI is InChI=1S/C14H21BrN2/c1-11-4-5-12(8-13(11)15)17-10-14(9-16-2)6-3-7-14/h4-5,8,16-17H,3,6-7,9-10H2,1-2H3. The summed E-state index contributed by atoms with van der Waals surface area (Å²) >= 11 is 3.58. The molecule has 0 radical (unpaired) electrons. The van der Waals surface area contributed by atoms with Gasteiger partial charge in [-0.05, 0) is 44.5 Å². The number of rotatable bonds is 5. The van der Waals surface area contributed by atoms with Gasteiger partial charge < -0.3 is 10.6 Å². The highest BCUT2D eigenvalue weighted by atomic mass is 79.9. The second-order valence-electron chi connectivity index (χ2n) is 5.20. The lowest BCUT2D eigenvalue weighted by Gasteiger charge is -2.42. The van der Waals surface area contributed by atoms with Gasteiger partial charge in [-0.15, -0.1) is 0 Å². The lowest BCUT2D eigenvalue weighted by atomic mass is 9.68. The first-order chi connectivity index (χ1) is 8.15. The minimum absolute atomic E-state index is 0.478. The predicted octanol–water partition coefficient (Wildman–Crippen LogP) is 3.56. The maximum Gasteiger partial charge on any atom is 0.0351 e. The third-order valence-corrected chi connectivity index (χ3v) is 4.66. The van der Waals surface area contributed by atoms with Crippen LogP contribution in [0.4, 0.5) is 5.69 Å². The Balaban J connectivity index is 1.94. The molecule has 94 valence electrons. The summed E-state index contributed by atoms with van der Waals surface area (Å²) in [6.45, 7) is 4.30. The monoisotopic (exact) mass is 296 g/mol. The molecule has 0 bridgehead atoms. The molecule has 1 aliphatic rings. The minimum atomic E-state index is 0.478. The number of aryl methyl sites for hydroxylation is 1. The van der Waals surface area contributed by atoms with Crippen molar-refractivity contribution < 1.29 is 0 Å². The fourth-order valence-electron chi connectivity index (χ4n) is 2.46. The summed E-state index contributed by atoms with van der Waals surface area (Å²) < 4.78 is 1.18. The van der Waals surface area contributed by atoms with Crippen LogP contribution in [0.1, 0.15) is 24.8 Å². The zero-order valence-corrected chi connectivity index (χ0v) is 12.2. The molecule has 1 aromatic carbocycles. The molecule has 2 N–H and O–H groups in total. The van der Waals surface area contributed by atoms with Crippen molar-refractivity contribution in [3.63, 3.8) is 0 Å². The lowest BCUT2D eigenvalue weighted by Crippen LogP contribution is -2.44. The summed E-state index contributed by atoms with van der Waals surface area (Å²) in [5, 5.41) is 6.89. The van der Waals surface area contributed by atoms with Crippen molar-refractivity contribution in [3.05, 3.63) is 28.2 Å². The molecule has 1 fully saturated rings. The molecule has 2 nitrogen and oxygen atoms in total. The van der Waals surface area contributed by atoms with E-state index in [0.29, 0.717) is 5.41 Å². The topological polar surface area (TPSA) is 24.1 Å². The second kappa shape index (κ2) is 5.40. The van der Waals surface area contributed by atoms with Gasteiger partial charge in [0.2, 0.25) is 0 Å². The molecule has 0 heterocycles. The van der Waals surface area contributed by atoms with Crippen molar-refractivity contribution in [1.29, 1.82) is 0 Å². The molecule has 3 heteroatoms. The Morgan fingerprint density at radius 2 is 2.06 bits per heavy atom. The smallest absolute Gasteiger partial charge is 0.0351 e. The Bertz CT molecular complexity index is 386. The molecule has 1 saturated carbocycles. The normalized spacial score (nSPS) is 17.6. The number of anilines is 1. The van der Waals surface area contributed by atoms with Gasteiger partial charge in [0.25, 0.3) is 0 Å². The fraction of sp³-hybridized carbons (Fsp3) is 0.571. The van der Waals surface area contributed by atoms with Gasteiger partial charge in [0.15, 0.2) is 0 Å². The summed E-state index contributed by atoms with van der Waals surface area (Å²) in [4.78, 5) is 0. The van der Waals surface area contributed by atoms with Crippen LogP contribution in [-0.2, 0) is 0 Å². The average Bonchev–Trinajstić information content (AvgIpc) is 2.26. The molecule has 0 amide bonds. The van der Waals surface area contributed by atoms with Crippen molar-refractivity contribution in [2.45, 2.75) is 26.2 Å².